The van der Waals surface area contributed by atoms with Crippen LogP contribution < -0.4 is 15.4 Å². The molecule has 3 N–H and O–H groups in total. The molecule has 0 bridgehead atoms. The number of piperidine rings is 1. The van der Waals surface area contributed by atoms with Crippen LogP contribution in [0.5, 0.6) is 5.75 Å². The molecule has 0 saturated carbocycles. The van der Waals surface area contributed by atoms with Gasteiger partial charge in [-0.05, 0) is 24.3 Å². The fourth-order valence-corrected chi connectivity index (χ4v) is 5.79. The number of carbonyl (C=O) groups excluding carboxylic acids is 1. The van der Waals surface area contributed by atoms with Gasteiger partial charge in [0.15, 0.2) is 5.78 Å². The Morgan fingerprint density at radius 1 is 1.22 bits per heavy atom. The number of anilines is 1. The highest BCUT2D eigenvalue weighted by Gasteiger charge is 2.32. The standard InChI is InChI=1S/C27H26F2N4O3S/c1-14-12-33(13-19(30)27(14)35)22-5-6-31-11-15(22)7-23(34)20-3-4-24-21(32-20)10-25(37-24)26-17(28)8-16(36-2)9-18(26)29/h3-6,8-11,14,19,27,35H,7,12-13,30H2,1-2H3/t14-,19+,27+/m0/s1. The zero-order valence-electron chi connectivity index (χ0n) is 20.3. The molecule has 0 aliphatic carbocycles. The van der Waals surface area contributed by atoms with Crippen molar-refractivity contribution in [3.63, 3.8) is 0 Å². The number of pyridine rings is 2. The Balaban J connectivity index is 1.41. The molecule has 1 aliphatic heterocycles. The number of aliphatic hydroxyl groups is 1. The Morgan fingerprint density at radius 3 is 2.68 bits per heavy atom. The van der Waals surface area contributed by atoms with E-state index in [-0.39, 0.29) is 35.1 Å². The lowest BCUT2D eigenvalue weighted by Crippen LogP contribution is -2.55. The molecule has 10 heteroatoms. The van der Waals surface area contributed by atoms with E-state index >= 15 is 0 Å². The number of hydrogen-bond acceptors (Lipinski definition) is 8. The van der Waals surface area contributed by atoms with Gasteiger partial charge < -0.3 is 20.5 Å². The predicted octanol–water partition coefficient (Wildman–Crippen LogP) is 4.21. The molecule has 4 aromatic rings. The van der Waals surface area contributed by atoms with Crippen molar-refractivity contribution in [2.45, 2.75) is 25.5 Å². The third-order valence-electron chi connectivity index (χ3n) is 6.69. The number of ether oxygens (including phenoxy) is 1. The average Bonchev–Trinajstić information content (AvgIpc) is 3.29. The Labute approximate surface area is 216 Å². The number of rotatable bonds is 6. The van der Waals surface area contributed by atoms with Crippen LogP contribution in [0, 0.1) is 17.6 Å². The van der Waals surface area contributed by atoms with E-state index < -0.39 is 23.8 Å². The number of fused-ring (bicyclic) bond motifs is 1. The SMILES string of the molecule is COc1cc(F)c(-c2cc3nc(C(=O)Cc4cnccc4N4C[C@@H](N)[C@H](O)[C@@H](C)C4)ccc3s2)c(F)c1. The van der Waals surface area contributed by atoms with Gasteiger partial charge in [0.1, 0.15) is 23.1 Å². The van der Waals surface area contributed by atoms with Crippen LogP contribution in [0.3, 0.4) is 0 Å². The number of hydrogen-bond donors (Lipinski definition) is 2. The minimum absolute atomic E-state index is 0.0160. The summed E-state index contributed by atoms with van der Waals surface area (Å²) in [5.41, 5.74) is 8.29. The highest BCUT2D eigenvalue weighted by molar-refractivity contribution is 7.22. The van der Waals surface area contributed by atoms with Gasteiger partial charge in [0, 0.05) is 72.1 Å². The molecule has 3 aromatic heterocycles. The quantitative estimate of drug-likeness (QED) is 0.364. The fraction of sp³-hybridized carbons (Fsp3) is 0.296. The third-order valence-corrected chi connectivity index (χ3v) is 7.79. The number of thiophene rings is 1. The topological polar surface area (TPSA) is 102 Å². The van der Waals surface area contributed by atoms with Crippen LogP contribution in [0.1, 0.15) is 23.0 Å². The molecule has 4 heterocycles. The number of aromatic nitrogens is 2. The molecule has 5 rings (SSSR count). The van der Waals surface area contributed by atoms with Gasteiger partial charge in [-0.2, -0.15) is 0 Å². The molecule has 0 unspecified atom stereocenters. The molecular formula is C27H26F2N4O3S. The zero-order chi connectivity index (χ0) is 26.3. The van der Waals surface area contributed by atoms with Crippen molar-refractivity contribution in [3.05, 3.63) is 71.7 Å². The maximum atomic E-state index is 14.6. The summed E-state index contributed by atoms with van der Waals surface area (Å²) in [6.07, 6.45) is 2.82. The maximum absolute atomic E-state index is 14.6. The lowest BCUT2D eigenvalue weighted by Gasteiger charge is -2.40. The van der Waals surface area contributed by atoms with Crippen LogP contribution in [-0.4, -0.2) is 53.2 Å². The van der Waals surface area contributed by atoms with Crippen LogP contribution in [0.4, 0.5) is 14.5 Å². The van der Waals surface area contributed by atoms with E-state index in [1.54, 1.807) is 30.6 Å². The fourth-order valence-electron chi connectivity index (χ4n) is 4.74. The number of aliphatic hydroxyl groups excluding tert-OH is 1. The van der Waals surface area contributed by atoms with E-state index in [4.69, 9.17) is 10.5 Å². The summed E-state index contributed by atoms with van der Waals surface area (Å²) >= 11 is 1.19. The highest BCUT2D eigenvalue weighted by Crippen LogP contribution is 2.37. The summed E-state index contributed by atoms with van der Waals surface area (Å²) in [5, 5.41) is 10.2. The largest absolute Gasteiger partial charge is 0.497 e. The molecule has 1 saturated heterocycles. The average molecular weight is 525 g/mol. The number of nitrogens with zero attached hydrogens (tertiary/aromatic N) is 3. The van der Waals surface area contributed by atoms with Crippen molar-refractivity contribution in [3.8, 4) is 16.2 Å². The third kappa shape index (κ3) is 4.92. The summed E-state index contributed by atoms with van der Waals surface area (Å²) in [4.78, 5) is 24.4. The van der Waals surface area contributed by atoms with Crippen molar-refractivity contribution in [1.29, 1.82) is 0 Å². The molecule has 1 fully saturated rings. The van der Waals surface area contributed by atoms with Gasteiger partial charge in [-0.1, -0.05) is 6.92 Å². The van der Waals surface area contributed by atoms with Crippen LogP contribution >= 0.6 is 11.3 Å². The monoisotopic (exact) mass is 524 g/mol. The van der Waals surface area contributed by atoms with Gasteiger partial charge in [0.2, 0.25) is 0 Å². The maximum Gasteiger partial charge on any atom is 0.185 e. The van der Waals surface area contributed by atoms with E-state index in [1.165, 1.54) is 18.4 Å². The van der Waals surface area contributed by atoms with Crippen LogP contribution in [0.15, 0.2) is 48.8 Å². The van der Waals surface area contributed by atoms with Gasteiger partial charge in [-0.25, -0.2) is 13.8 Å². The van der Waals surface area contributed by atoms with Crippen molar-refractivity contribution >= 4 is 33.0 Å². The Hall–Kier alpha value is -3.47. The molecule has 0 amide bonds. The van der Waals surface area contributed by atoms with Crippen LogP contribution in [0.2, 0.25) is 0 Å². The second kappa shape index (κ2) is 10.1. The molecule has 7 nitrogen and oxygen atoms in total. The number of nitrogens with two attached hydrogens (primary N) is 1. The Kier molecular flexibility index (Phi) is 6.89. The van der Waals surface area contributed by atoms with Gasteiger partial charge in [-0.3, -0.25) is 9.78 Å². The van der Waals surface area contributed by atoms with E-state index in [2.05, 4.69) is 14.9 Å². The van der Waals surface area contributed by atoms with Gasteiger partial charge in [0.05, 0.1) is 29.0 Å². The minimum Gasteiger partial charge on any atom is -0.497 e. The lowest BCUT2D eigenvalue weighted by atomic mass is 9.92. The van der Waals surface area contributed by atoms with Crippen LogP contribution in [-0.2, 0) is 6.42 Å². The first-order valence-corrected chi connectivity index (χ1v) is 12.7. The number of ketones is 1. The van der Waals surface area contributed by atoms with E-state index in [1.807, 2.05) is 13.0 Å². The first kappa shape index (κ1) is 25.2. The first-order valence-electron chi connectivity index (χ1n) is 11.8. The van der Waals surface area contributed by atoms with E-state index in [0.29, 0.717) is 28.2 Å². The lowest BCUT2D eigenvalue weighted by molar-refractivity contribution is 0.0784. The predicted molar refractivity (Wildman–Crippen MR) is 139 cm³/mol. The van der Waals surface area contributed by atoms with E-state index in [0.717, 1.165) is 23.4 Å². The summed E-state index contributed by atoms with van der Waals surface area (Å²) in [6, 6.07) is 8.66. The van der Waals surface area contributed by atoms with Crippen molar-refractivity contribution in [2.24, 2.45) is 11.7 Å². The van der Waals surface area contributed by atoms with Crippen molar-refractivity contribution in [2.75, 3.05) is 25.1 Å². The number of benzene rings is 1. The molecule has 37 heavy (non-hydrogen) atoms. The number of halogens is 2. The van der Waals surface area contributed by atoms with E-state index in [9.17, 15) is 18.7 Å². The molecule has 0 radical (unpaired) electrons. The molecule has 1 aromatic carbocycles. The molecule has 1 aliphatic rings. The highest BCUT2D eigenvalue weighted by atomic mass is 32.1. The summed E-state index contributed by atoms with van der Waals surface area (Å²) in [5.74, 6) is -1.60. The summed E-state index contributed by atoms with van der Waals surface area (Å²) in [7, 11) is 1.34. The van der Waals surface area contributed by atoms with Crippen molar-refractivity contribution < 1.29 is 23.4 Å². The number of carbonyl (C=O) groups is 1. The van der Waals surface area contributed by atoms with Crippen molar-refractivity contribution in [1.82, 2.24) is 9.97 Å². The minimum atomic E-state index is -0.733. The molecule has 3 atom stereocenters. The Bertz CT molecular complexity index is 1440. The number of Topliss-reactive ketones (excluding diaryl/α,β-unsaturated/α-hetero) is 1. The van der Waals surface area contributed by atoms with Crippen LogP contribution in [0.25, 0.3) is 20.7 Å². The first-order chi connectivity index (χ1) is 17.7. The summed E-state index contributed by atoms with van der Waals surface area (Å²) < 4.78 is 34.8. The van der Waals surface area contributed by atoms with Gasteiger partial charge in [-0.15, -0.1) is 11.3 Å². The Morgan fingerprint density at radius 2 is 1.97 bits per heavy atom. The molecule has 192 valence electrons. The second-order valence-corrected chi connectivity index (χ2v) is 10.4. The van der Waals surface area contributed by atoms with Gasteiger partial charge in [0.25, 0.3) is 0 Å². The number of methoxy groups -OCH3 is 1. The zero-order valence-corrected chi connectivity index (χ0v) is 21.1. The molecule has 0 spiro atoms. The smallest absolute Gasteiger partial charge is 0.185 e. The summed E-state index contributed by atoms with van der Waals surface area (Å²) in [6.45, 7) is 3.03. The molecular weight excluding hydrogens is 498 g/mol. The second-order valence-electron chi connectivity index (χ2n) is 9.30. The normalized spacial score (nSPS) is 19.8. The van der Waals surface area contributed by atoms with Gasteiger partial charge >= 0.3 is 0 Å².